The van der Waals surface area contributed by atoms with Crippen molar-refractivity contribution in [2.45, 2.75) is 71.1 Å². The molecule has 0 aromatic carbocycles. The third-order valence-electron chi connectivity index (χ3n) is 3.94. The summed E-state index contributed by atoms with van der Waals surface area (Å²) in [6.45, 7) is 5.34. The lowest BCUT2D eigenvalue weighted by Gasteiger charge is -2.15. The van der Waals surface area contributed by atoms with Crippen molar-refractivity contribution in [1.82, 2.24) is 9.97 Å². The summed E-state index contributed by atoms with van der Waals surface area (Å²) in [6.07, 6.45) is 10.1. The van der Waals surface area contributed by atoms with Gasteiger partial charge >= 0.3 is 0 Å². The Balaban J connectivity index is 2.17. The molecule has 1 aromatic rings. The second-order valence-corrected chi connectivity index (χ2v) is 5.57. The van der Waals surface area contributed by atoms with Crippen LogP contribution >= 0.6 is 0 Å². The molecule has 0 atom stereocenters. The van der Waals surface area contributed by atoms with Crippen LogP contribution in [-0.4, -0.2) is 16.5 Å². The molecule has 0 unspecified atom stereocenters. The lowest BCUT2D eigenvalue weighted by molar-refractivity contribution is 0.558. The Morgan fingerprint density at radius 1 is 1.11 bits per heavy atom. The minimum atomic E-state index is 0.580. The van der Waals surface area contributed by atoms with Crippen LogP contribution in [-0.2, 0) is 6.42 Å². The molecule has 1 N–H and O–H groups in total. The van der Waals surface area contributed by atoms with Crippen LogP contribution in [0, 0.1) is 0 Å². The van der Waals surface area contributed by atoms with E-state index < -0.39 is 0 Å². The SMILES string of the molecule is CCCNc1cc(CC)nc(C2CCCCCC2)n1. The molecular formula is C16H27N3. The molecule has 1 aliphatic carbocycles. The van der Waals surface area contributed by atoms with Crippen molar-refractivity contribution < 1.29 is 0 Å². The van der Waals surface area contributed by atoms with E-state index in [0.717, 1.165) is 31.0 Å². The summed E-state index contributed by atoms with van der Waals surface area (Å²) in [6, 6.07) is 2.11. The van der Waals surface area contributed by atoms with E-state index in [1.54, 1.807) is 0 Å². The average Bonchev–Trinajstić information content (AvgIpc) is 2.73. The molecular weight excluding hydrogens is 234 g/mol. The molecule has 19 heavy (non-hydrogen) atoms. The number of rotatable bonds is 5. The number of aromatic nitrogens is 2. The fourth-order valence-corrected chi connectivity index (χ4v) is 2.76. The molecule has 1 aliphatic rings. The predicted molar refractivity (Wildman–Crippen MR) is 80.6 cm³/mol. The quantitative estimate of drug-likeness (QED) is 0.803. The fourth-order valence-electron chi connectivity index (χ4n) is 2.76. The molecule has 0 bridgehead atoms. The van der Waals surface area contributed by atoms with E-state index in [1.165, 1.54) is 44.2 Å². The number of nitrogens with zero attached hydrogens (tertiary/aromatic N) is 2. The van der Waals surface area contributed by atoms with Gasteiger partial charge in [-0.25, -0.2) is 9.97 Å². The largest absolute Gasteiger partial charge is 0.370 e. The highest BCUT2D eigenvalue weighted by Gasteiger charge is 2.18. The maximum absolute atomic E-state index is 4.77. The second kappa shape index (κ2) is 7.46. The first-order chi connectivity index (χ1) is 9.33. The van der Waals surface area contributed by atoms with Gasteiger partial charge in [-0.1, -0.05) is 39.5 Å². The zero-order valence-electron chi connectivity index (χ0n) is 12.4. The number of hydrogen-bond acceptors (Lipinski definition) is 3. The third kappa shape index (κ3) is 4.19. The van der Waals surface area contributed by atoms with Gasteiger partial charge < -0.3 is 5.32 Å². The van der Waals surface area contributed by atoms with Gasteiger partial charge in [0, 0.05) is 24.2 Å². The minimum absolute atomic E-state index is 0.580. The van der Waals surface area contributed by atoms with Gasteiger partial charge in [-0.05, 0) is 25.7 Å². The summed E-state index contributed by atoms with van der Waals surface area (Å²) in [5, 5.41) is 3.41. The summed E-state index contributed by atoms with van der Waals surface area (Å²) in [7, 11) is 0. The van der Waals surface area contributed by atoms with Crippen LogP contribution < -0.4 is 5.32 Å². The first-order valence-electron chi connectivity index (χ1n) is 7.95. The molecule has 1 saturated carbocycles. The highest BCUT2D eigenvalue weighted by molar-refractivity contribution is 5.36. The van der Waals surface area contributed by atoms with E-state index in [-0.39, 0.29) is 0 Å². The zero-order chi connectivity index (χ0) is 13.5. The zero-order valence-corrected chi connectivity index (χ0v) is 12.4. The van der Waals surface area contributed by atoms with Gasteiger partial charge in [0.05, 0.1) is 0 Å². The van der Waals surface area contributed by atoms with Crippen molar-refractivity contribution in [3.8, 4) is 0 Å². The Morgan fingerprint density at radius 2 is 1.84 bits per heavy atom. The summed E-state index contributed by atoms with van der Waals surface area (Å²) in [5.74, 6) is 2.68. The minimum Gasteiger partial charge on any atom is -0.370 e. The summed E-state index contributed by atoms with van der Waals surface area (Å²) >= 11 is 0. The van der Waals surface area contributed by atoms with Gasteiger partial charge in [-0.3, -0.25) is 0 Å². The van der Waals surface area contributed by atoms with E-state index in [1.807, 2.05) is 0 Å². The molecule has 2 rings (SSSR count). The van der Waals surface area contributed by atoms with Crippen LogP contribution in [0.3, 0.4) is 0 Å². The number of nitrogens with one attached hydrogen (secondary N) is 1. The Morgan fingerprint density at radius 3 is 2.47 bits per heavy atom. The smallest absolute Gasteiger partial charge is 0.134 e. The molecule has 0 saturated heterocycles. The fraction of sp³-hybridized carbons (Fsp3) is 0.750. The summed E-state index contributed by atoms with van der Waals surface area (Å²) < 4.78 is 0. The van der Waals surface area contributed by atoms with Crippen molar-refractivity contribution >= 4 is 5.82 Å². The number of anilines is 1. The predicted octanol–water partition coefficient (Wildman–Crippen LogP) is 4.30. The molecule has 1 heterocycles. The molecule has 1 fully saturated rings. The molecule has 0 amide bonds. The first-order valence-corrected chi connectivity index (χ1v) is 7.95. The van der Waals surface area contributed by atoms with Gasteiger partial charge in [-0.2, -0.15) is 0 Å². The van der Waals surface area contributed by atoms with E-state index in [2.05, 4.69) is 25.2 Å². The van der Waals surface area contributed by atoms with Crippen molar-refractivity contribution in [3.05, 3.63) is 17.6 Å². The maximum Gasteiger partial charge on any atom is 0.134 e. The average molecular weight is 261 g/mol. The van der Waals surface area contributed by atoms with E-state index >= 15 is 0 Å². The normalized spacial score (nSPS) is 17.2. The lowest BCUT2D eigenvalue weighted by atomic mass is 9.99. The maximum atomic E-state index is 4.77. The van der Waals surface area contributed by atoms with Crippen molar-refractivity contribution in [1.29, 1.82) is 0 Å². The standard InChI is InChI=1S/C16H27N3/c1-3-11-17-15-12-14(4-2)18-16(19-15)13-9-7-5-6-8-10-13/h12-13H,3-11H2,1-2H3,(H,17,18,19). The molecule has 0 radical (unpaired) electrons. The lowest BCUT2D eigenvalue weighted by Crippen LogP contribution is -2.10. The van der Waals surface area contributed by atoms with Crippen molar-refractivity contribution in [2.75, 3.05) is 11.9 Å². The Kier molecular flexibility index (Phi) is 5.62. The van der Waals surface area contributed by atoms with Crippen LogP contribution in [0.4, 0.5) is 5.82 Å². The Labute approximate surface area is 117 Å². The second-order valence-electron chi connectivity index (χ2n) is 5.57. The van der Waals surface area contributed by atoms with Gasteiger partial charge in [0.15, 0.2) is 0 Å². The van der Waals surface area contributed by atoms with E-state index in [4.69, 9.17) is 9.97 Å². The van der Waals surface area contributed by atoms with Gasteiger partial charge in [0.2, 0.25) is 0 Å². The Bertz CT molecular complexity index is 382. The van der Waals surface area contributed by atoms with Crippen molar-refractivity contribution in [3.63, 3.8) is 0 Å². The van der Waals surface area contributed by atoms with Gasteiger partial charge in [-0.15, -0.1) is 0 Å². The van der Waals surface area contributed by atoms with Crippen LogP contribution in [0.2, 0.25) is 0 Å². The Hall–Kier alpha value is -1.12. The molecule has 1 aromatic heterocycles. The summed E-state index contributed by atoms with van der Waals surface area (Å²) in [4.78, 5) is 9.54. The van der Waals surface area contributed by atoms with E-state index in [9.17, 15) is 0 Å². The van der Waals surface area contributed by atoms with Crippen LogP contribution in [0.25, 0.3) is 0 Å². The van der Waals surface area contributed by atoms with E-state index in [0.29, 0.717) is 5.92 Å². The molecule has 0 spiro atoms. The topological polar surface area (TPSA) is 37.8 Å². The first kappa shape index (κ1) is 14.3. The highest BCUT2D eigenvalue weighted by atomic mass is 15.0. The van der Waals surface area contributed by atoms with Crippen LogP contribution in [0.1, 0.15) is 76.2 Å². The van der Waals surface area contributed by atoms with Crippen LogP contribution in [0.5, 0.6) is 0 Å². The summed E-state index contributed by atoms with van der Waals surface area (Å²) in [5.41, 5.74) is 1.17. The number of hydrogen-bond donors (Lipinski definition) is 1. The molecule has 3 nitrogen and oxygen atoms in total. The van der Waals surface area contributed by atoms with Crippen molar-refractivity contribution in [2.24, 2.45) is 0 Å². The molecule has 3 heteroatoms. The highest BCUT2D eigenvalue weighted by Crippen LogP contribution is 2.30. The molecule has 0 aliphatic heterocycles. The monoisotopic (exact) mass is 261 g/mol. The van der Waals surface area contributed by atoms with Gasteiger partial charge in [0.25, 0.3) is 0 Å². The molecule has 106 valence electrons. The number of aryl methyl sites for hydroxylation is 1. The van der Waals surface area contributed by atoms with Crippen LogP contribution in [0.15, 0.2) is 6.07 Å². The van der Waals surface area contributed by atoms with Gasteiger partial charge in [0.1, 0.15) is 11.6 Å². The third-order valence-corrected chi connectivity index (χ3v) is 3.94.